The number of pyridine rings is 1. The summed E-state index contributed by atoms with van der Waals surface area (Å²) in [5.74, 6) is 0.0948. The first-order chi connectivity index (χ1) is 13.7. The Labute approximate surface area is 162 Å². The average Bonchev–Trinajstić information content (AvgIpc) is 3.18. The van der Waals surface area contributed by atoms with Crippen LogP contribution >= 0.6 is 0 Å². The second-order valence-electron chi connectivity index (χ2n) is 6.29. The summed E-state index contributed by atoms with van der Waals surface area (Å²) in [5.41, 5.74) is 3.54. The van der Waals surface area contributed by atoms with Gasteiger partial charge in [-0.15, -0.1) is 0 Å². The Balaban J connectivity index is 1.67. The Kier molecular flexibility index (Phi) is 4.72. The van der Waals surface area contributed by atoms with Crippen LogP contribution in [0.4, 0.5) is 5.95 Å². The molecule has 0 amide bonds. The largest absolute Gasteiger partial charge is 0.465 e. The monoisotopic (exact) mass is 373 g/mol. The van der Waals surface area contributed by atoms with Gasteiger partial charge in [0.15, 0.2) is 5.65 Å². The number of carbonyl (C=O) groups is 1. The predicted molar refractivity (Wildman–Crippen MR) is 106 cm³/mol. The summed E-state index contributed by atoms with van der Waals surface area (Å²) < 4.78 is 6.65. The lowest BCUT2D eigenvalue weighted by Crippen LogP contribution is -2.09. The third kappa shape index (κ3) is 3.29. The molecule has 28 heavy (non-hydrogen) atoms. The number of rotatable bonds is 5. The number of hydrogen-bond donors (Lipinski definition) is 1. The highest BCUT2D eigenvalue weighted by molar-refractivity contribution is 5.96. The van der Waals surface area contributed by atoms with E-state index in [-0.39, 0.29) is 6.04 Å². The maximum absolute atomic E-state index is 12.0. The van der Waals surface area contributed by atoms with Crippen molar-refractivity contribution in [2.45, 2.75) is 13.0 Å². The molecule has 1 N–H and O–H groups in total. The van der Waals surface area contributed by atoms with Gasteiger partial charge in [-0.05, 0) is 30.7 Å². The summed E-state index contributed by atoms with van der Waals surface area (Å²) in [7, 11) is 1.35. The van der Waals surface area contributed by atoms with E-state index in [1.54, 1.807) is 24.5 Å². The van der Waals surface area contributed by atoms with E-state index >= 15 is 0 Å². The molecule has 0 radical (unpaired) electrons. The number of benzene rings is 1. The van der Waals surface area contributed by atoms with Gasteiger partial charge in [0.1, 0.15) is 5.56 Å². The first-order valence-electron chi connectivity index (χ1n) is 8.86. The molecule has 7 nitrogen and oxygen atoms in total. The molecule has 4 rings (SSSR count). The van der Waals surface area contributed by atoms with Crippen LogP contribution in [0.5, 0.6) is 0 Å². The molecular weight excluding hydrogens is 354 g/mol. The molecule has 7 heteroatoms. The van der Waals surface area contributed by atoms with Gasteiger partial charge in [-0.1, -0.05) is 30.3 Å². The van der Waals surface area contributed by atoms with Gasteiger partial charge in [0, 0.05) is 12.4 Å². The fourth-order valence-corrected chi connectivity index (χ4v) is 3.06. The Morgan fingerprint density at radius 3 is 2.71 bits per heavy atom. The van der Waals surface area contributed by atoms with E-state index in [0.717, 1.165) is 11.3 Å². The van der Waals surface area contributed by atoms with Gasteiger partial charge in [-0.25, -0.2) is 19.7 Å². The molecule has 1 aromatic carbocycles. The van der Waals surface area contributed by atoms with Gasteiger partial charge in [0.2, 0.25) is 5.95 Å². The Bertz CT molecular complexity index is 1120. The van der Waals surface area contributed by atoms with Gasteiger partial charge in [0.25, 0.3) is 0 Å². The molecule has 0 aliphatic carbocycles. The average molecular weight is 373 g/mol. The van der Waals surface area contributed by atoms with Gasteiger partial charge in [0.05, 0.1) is 30.7 Å². The summed E-state index contributed by atoms with van der Waals surface area (Å²) in [6, 6.07) is 15.4. The summed E-state index contributed by atoms with van der Waals surface area (Å²) in [5, 5.41) is 3.32. The molecule has 0 aliphatic heterocycles. The molecule has 0 spiro atoms. The topological polar surface area (TPSA) is 81.4 Å². The van der Waals surface area contributed by atoms with E-state index in [4.69, 9.17) is 4.74 Å². The van der Waals surface area contributed by atoms with Crippen molar-refractivity contribution in [3.63, 3.8) is 0 Å². The summed E-state index contributed by atoms with van der Waals surface area (Å²) in [4.78, 5) is 25.3. The third-order valence-electron chi connectivity index (χ3n) is 4.50. The lowest BCUT2D eigenvalue weighted by atomic mass is 10.1. The van der Waals surface area contributed by atoms with Crippen molar-refractivity contribution in [2.24, 2.45) is 0 Å². The zero-order chi connectivity index (χ0) is 19.5. The zero-order valence-corrected chi connectivity index (χ0v) is 15.5. The third-order valence-corrected chi connectivity index (χ3v) is 4.50. The highest BCUT2D eigenvalue weighted by Crippen LogP contribution is 2.23. The van der Waals surface area contributed by atoms with E-state index in [1.807, 2.05) is 34.9 Å². The van der Waals surface area contributed by atoms with Crippen molar-refractivity contribution in [1.29, 1.82) is 0 Å². The van der Waals surface area contributed by atoms with Gasteiger partial charge in [-0.3, -0.25) is 4.40 Å². The predicted octanol–water partition coefficient (Wildman–Crippen LogP) is 3.75. The number of hydrogen-bond acceptors (Lipinski definition) is 6. The molecule has 0 saturated carbocycles. The normalized spacial score (nSPS) is 11.9. The Morgan fingerprint density at radius 1 is 1.11 bits per heavy atom. The van der Waals surface area contributed by atoms with Crippen molar-refractivity contribution in [1.82, 2.24) is 19.4 Å². The molecule has 1 atom stereocenters. The molecule has 0 saturated heterocycles. The van der Waals surface area contributed by atoms with E-state index in [2.05, 4.69) is 39.3 Å². The maximum atomic E-state index is 12.0. The van der Waals surface area contributed by atoms with E-state index in [1.165, 1.54) is 7.11 Å². The number of esters is 1. The number of ether oxygens (including phenoxy) is 1. The van der Waals surface area contributed by atoms with Crippen LogP contribution in [-0.2, 0) is 4.74 Å². The number of fused-ring (bicyclic) bond motifs is 1. The molecule has 0 unspecified atom stereocenters. The molecule has 3 heterocycles. The van der Waals surface area contributed by atoms with Crippen molar-refractivity contribution in [2.75, 3.05) is 12.4 Å². The number of carbonyl (C=O) groups excluding carboxylic acids is 1. The fourth-order valence-electron chi connectivity index (χ4n) is 3.06. The SMILES string of the molecule is COC(=O)c1cccn2c(-c3ccnc(N[C@@H](C)c4ccccc4)n3)cnc12. The lowest BCUT2D eigenvalue weighted by molar-refractivity contribution is 0.0602. The van der Waals surface area contributed by atoms with Crippen LogP contribution in [0.1, 0.15) is 28.9 Å². The molecule has 0 bridgehead atoms. The number of anilines is 1. The first-order valence-corrected chi connectivity index (χ1v) is 8.86. The molecule has 0 fully saturated rings. The van der Waals surface area contributed by atoms with Crippen LogP contribution in [0.25, 0.3) is 17.0 Å². The summed E-state index contributed by atoms with van der Waals surface area (Å²) in [6.07, 6.45) is 5.23. The van der Waals surface area contributed by atoms with Gasteiger partial charge in [-0.2, -0.15) is 0 Å². The lowest BCUT2D eigenvalue weighted by Gasteiger charge is -2.14. The molecule has 140 valence electrons. The molecule has 4 aromatic rings. The zero-order valence-electron chi connectivity index (χ0n) is 15.5. The van der Waals surface area contributed by atoms with Crippen molar-refractivity contribution < 1.29 is 9.53 Å². The maximum Gasteiger partial charge on any atom is 0.341 e. The highest BCUT2D eigenvalue weighted by atomic mass is 16.5. The van der Waals surface area contributed by atoms with Crippen LogP contribution in [0.2, 0.25) is 0 Å². The summed E-state index contributed by atoms with van der Waals surface area (Å²) in [6.45, 7) is 2.06. The Hall–Kier alpha value is -3.74. The fraction of sp³-hybridized carbons (Fsp3) is 0.143. The van der Waals surface area contributed by atoms with E-state index in [0.29, 0.717) is 22.9 Å². The van der Waals surface area contributed by atoms with Crippen molar-refractivity contribution in [3.05, 3.63) is 78.2 Å². The van der Waals surface area contributed by atoms with Gasteiger partial charge < -0.3 is 10.1 Å². The molecule has 0 aliphatic rings. The van der Waals surface area contributed by atoms with Crippen LogP contribution in [0.15, 0.2) is 67.1 Å². The second-order valence-corrected chi connectivity index (χ2v) is 6.29. The minimum Gasteiger partial charge on any atom is -0.465 e. The van der Waals surface area contributed by atoms with E-state index in [9.17, 15) is 4.79 Å². The van der Waals surface area contributed by atoms with Crippen LogP contribution in [0.3, 0.4) is 0 Å². The number of aromatic nitrogens is 4. The quantitative estimate of drug-likeness (QED) is 0.537. The van der Waals surface area contributed by atoms with Crippen molar-refractivity contribution >= 4 is 17.6 Å². The summed E-state index contributed by atoms with van der Waals surface area (Å²) >= 11 is 0. The number of nitrogens with zero attached hydrogens (tertiary/aromatic N) is 4. The number of imidazole rings is 1. The number of methoxy groups -OCH3 is 1. The van der Waals surface area contributed by atoms with Crippen LogP contribution in [-0.4, -0.2) is 32.4 Å². The van der Waals surface area contributed by atoms with Gasteiger partial charge >= 0.3 is 5.97 Å². The molecule has 3 aromatic heterocycles. The minimum atomic E-state index is -0.426. The van der Waals surface area contributed by atoms with Crippen molar-refractivity contribution in [3.8, 4) is 11.4 Å². The highest BCUT2D eigenvalue weighted by Gasteiger charge is 2.16. The first kappa shape index (κ1) is 17.7. The Morgan fingerprint density at radius 2 is 1.93 bits per heavy atom. The molecular formula is C21H19N5O2. The minimum absolute atomic E-state index is 0.0598. The number of nitrogens with one attached hydrogen (secondary N) is 1. The second kappa shape index (κ2) is 7.48. The van der Waals surface area contributed by atoms with Crippen LogP contribution in [0, 0.1) is 0 Å². The standard InChI is InChI=1S/C21H19N5O2/c1-14(15-7-4-3-5-8-15)24-21-22-11-10-17(25-21)18-13-23-19-16(20(27)28-2)9-6-12-26(18)19/h3-14H,1-2H3,(H,22,24,25)/t14-/m0/s1. The van der Waals surface area contributed by atoms with Crippen LogP contribution < -0.4 is 5.32 Å². The van der Waals surface area contributed by atoms with E-state index < -0.39 is 5.97 Å². The smallest absolute Gasteiger partial charge is 0.341 e.